The first-order chi connectivity index (χ1) is 14.8. The van der Waals surface area contributed by atoms with Crippen molar-refractivity contribution in [3.63, 3.8) is 0 Å². The number of nitrogens with zero attached hydrogens (tertiary/aromatic N) is 1. The van der Waals surface area contributed by atoms with Gasteiger partial charge in [0, 0.05) is 13.1 Å². The molecule has 1 N–H and O–H groups in total. The van der Waals surface area contributed by atoms with Gasteiger partial charge in [-0.3, -0.25) is 19.3 Å². The van der Waals surface area contributed by atoms with Gasteiger partial charge in [-0.2, -0.15) is 0 Å². The van der Waals surface area contributed by atoms with Crippen LogP contribution in [0.5, 0.6) is 5.75 Å². The highest BCUT2D eigenvalue weighted by atomic mass is 32.2. The summed E-state index contributed by atoms with van der Waals surface area (Å²) >= 11 is 0.909. The Morgan fingerprint density at radius 1 is 1.16 bits per heavy atom. The molecule has 0 aliphatic carbocycles. The first kappa shape index (κ1) is 22.6. The third kappa shape index (κ3) is 5.98. The van der Waals surface area contributed by atoms with Crippen LogP contribution in [-0.4, -0.2) is 41.6 Å². The molecular formula is C24H26N2O4S. The number of amides is 3. The summed E-state index contributed by atoms with van der Waals surface area (Å²) in [6, 6.07) is 15.1. The minimum Gasteiger partial charge on any atom is -0.484 e. The van der Waals surface area contributed by atoms with Crippen LogP contribution in [0.15, 0.2) is 53.4 Å². The zero-order valence-electron chi connectivity index (χ0n) is 17.9. The van der Waals surface area contributed by atoms with Crippen molar-refractivity contribution in [1.82, 2.24) is 10.2 Å². The van der Waals surface area contributed by atoms with Crippen molar-refractivity contribution in [1.29, 1.82) is 0 Å². The Hall–Kier alpha value is -3.06. The number of rotatable bonds is 8. The average Bonchev–Trinajstić information content (AvgIpc) is 3.00. The quantitative estimate of drug-likeness (QED) is 0.620. The van der Waals surface area contributed by atoms with Gasteiger partial charge in [-0.15, -0.1) is 0 Å². The van der Waals surface area contributed by atoms with Crippen LogP contribution < -0.4 is 10.1 Å². The summed E-state index contributed by atoms with van der Waals surface area (Å²) in [6.45, 7) is 6.44. The summed E-state index contributed by atoms with van der Waals surface area (Å²) in [4.78, 5) is 38.3. The van der Waals surface area contributed by atoms with Gasteiger partial charge in [-0.1, -0.05) is 50.2 Å². The first-order valence-electron chi connectivity index (χ1n) is 10.2. The second-order valence-corrected chi connectivity index (χ2v) is 8.55. The maximum absolute atomic E-state index is 12.5. The van der Waals surface area contributed by atoms with Gasteiger partial charge in [-0.25, -0.2) is 0 Å². The number of hydrogen-bond donors (Lipinski definition) is 1. The van der Waals surface area contributed by atoms with Gasteiger partial charge >= 0.3 is 0 Å². The SMILES string of the molecule is Cc1cc(OCC(=O)NCCN2C(=O)S/C(=C\c3ccccc3)C2=O)ccc1C(C)C. The van der Waals surface area contributed by atoms with Crippen LogP contribution in [0.25, 0.3) is 6.08 Å². The summed E-state index contributed by atoms with van der Waals surface area (Å²) in [7, 11) is 0. The number of imide groups is 1. The lowest BCUT2D eigenvalue weighted by Gasteiger charge is -2.14. The van der Waals surface area contributed by atoms with E-state index in [1.165, 1.54) is 5.56 Å². The van der Waals surface area contributed by atoms with Crippen LogP contribution in [0.3, 0.4) is 0 Å². The molecule has 2 aromatic rings. The van der Waals surface area contributed by atoms with Gasteiger partial charge < -0.3 is 10.1 Å². The van der Waals surface area contributed by atoms with Crippen LogP contribution in [0, 0.1) is 6.92 Å². The van der Waals surface area contributed by atoms with Gasteiger partial charge in [-0.05, 0) is 59.5 Å². The molecule has 1 aliphatic rings. The van der Waals surface area contributed by atoms with E-state index in [9.17, 15) is 14.4 Å². The van der Waals surface area contributed by atoms with E-state index in [4.69, 9.17) is 4.74 Å². The lowest BCUT2D eigenvalue weighted by atomic mass is 9.98. The predicted octanol–water partition coefficient (Wildman–Crippen LogP) is 4.35. The fourth-order valence-corrected chi connectivity index (χ4v) is 4.15. The molecule has 0 atom stereocenters. The molecule has 1 heterocycles. The number of thioether (sulfide) groups is 1. The molecule has 0 aromatic heterocycles. The molecule has 1 aliphatic heterocycles. The van der Waals surface area contributed by atoms with E-state index in [2.05, 4.69) is 19.2 Å². The monoisotopic (exact) mass is 438 g/mol. The van der Waals surface area contributed by atoms with E-state index < -0.39 is 0 Å². The van der Waals surface area contributed by atoms with Crippen molar-refractivity contribution in [3.05, 3.63) is 70.1 Å². The number of ether oxygens (including phenoxy) is 1. The zero-order valence-corrected chi connectivity index (χ0v) is 18.7. The van der Waals surface area contributed by atoms with Crippen LogP contribution in [0.4, 0.5) is 4.79 Å². The molecule has 0 bridgehead atoms. The largest absolute Gasteiger partial charge is 0.484 e. The second kappa shape index (κ2) is 10.3. The number of nitrogens with one attached hydrogen (secondary N) is 1. The summed E-state index contributed by atoms with van der Waals surface area (Å²) in [5.74, 6) is 0.408. The Kier molecular flexibility index (Phi) is 7.52. The molecule has 162 valence electrons. The molecular weight excluding hydrogens is 412 g/mol. The molecule has 0 radical (unpaired) electrons. The lowest BCUT2D eigenvalue weighted by molar-refractivity contribution is -0.125. The van der Waals surface area contributed by atoms with Crippen molar-refractivity contribution in [3.8, 4) is 5.75 Å². The summed E-state index contributed by atoms with van der Waals surface area (Å²) < 4.78 is 5.56. The van der Waals surface area contributed by atoms with E-state index in [0.29, 0.717) is 16.6 Å². The molecule has 1 fully saturated rings. The predicted molar refractivity (Wildman–Crippen MR) is 123 cm³/mol. The highest BCUT2D eigenvalue weighted by Gasteiger charge is 2.34. The van der Waals surface area contributed by atoms with Gasteiger partial charge in [0.1, 0.15) is 5.75 Å². The minimum atomic E-state index is -0.343. The molecule has 6 nitrogen and oxygen atoms in total. The first-order valence-corrected chi connectivity index (χ1v) is 11.0. The topological polar surface area (TPSA) is 75.7 Å². The smallest absolute Gasteiger partial charge is 0.293 e. The number of hydrogen-bond acceptors (Lipinski definition) is 5. The molecule has 2 aromatic carbocycles. The van der Waals surface area contributed by atoms with E-state index >= 15 is 0 Å². The molecule has 31 heavy (non-hydrogen) atoms. The van der Waals surface area contributed by atoms with Crippen LogP contribution in [0.2, 0.25) is 0 Å². The highest BCUT2D eigenvalue weighted by molar-refractivity contribution is 8.18. The molecule has 7 heteroatoms. The van der Waals surface area contributed by atoms with E-state index in [-0.39, 0.29) is 36.7 Å². The van der Waals surface area contributed by atoms with E-state index in [0.717, 1.165) is 27.8 Å². The minimum absolute atomic E-state index is 0.116. The van der Waals surface area contributed by atoms with Crippen LogP contribution >= 0.6 is 11.8 Å². The van der Waals surface area contributed by atoms with E-state index in [1.54, 1.807) is 6.08 Å². The van der Waals surface area contributed by atoms with Crippen molar-refractivity contribution in [2.45, 2.75) is 26.7 Å². The van der Waals surface area contributed by atoms with Gasteiger partial charge in [0.25, 0.3) is 17.1 Å². The summed E-state index contributed by atoms with van der Waals surface area (Å²) in [5, 5.41) is 2.36. The summed E-state index contributed by atoms with van der Waals surface area (Å²) in [5.41, 5.74) is 3.22. The highest BCUT2D eigenvalue weighted by Crippen LogP contribution is 2.31. The third-order valence-electron chi connectivity index (χ3n) is 4.86. The van der Waals surface area contributed by atoms with Crippen molar-refractivity contribution >= 4 is 34.9 Å². The fourth-order valence-electron chi connectivity index (χ4n) is 3.29. The third-order valence-corrected chi connectivity index (χ3v) is 5.77. The standard InChI is InChI=1S/C24H26N2O4S/c1-16(2)20-10-9-19(13-17(20)3)30-15-22(27)25-11-12-26-23(28)21(31-24(26)29)14-18-7-5-4-6-8-18/h4-10,13-14,16H,11-12,15H2,1-3H3,(H,25,27)/b21-14-. The van der Waals surface area contributed by atoms with Gasteiger partial charge in [0.15, 0.2) is 6.61 Å². The molecule has 0 unspecified atom stereocenters. The average molecular weight is 439 g/mol. The normalized spacial score (nSPS) is 15.1. The Morgan fingerprint density at radius 3 is 2.58 bits per heavy atom. The van der Waals surface area contributed by atoms with Crippen LogP contribution in [-0.2, 0) is 9.59 Å². The van der Waals surface area contributed by atoms with Gasteiger partial charge in [0.05, 0.1) is 4.91 Å². The van der Waals surface area contributed by atoms with Crippen molar-refractivity contribution in [2.75, 3.05) is 19.7 Å². The second-order valence-electron chi connectivity index (χ2n) is 7.56. The summed E-state index contributed by atoms with van der Waals surface area (Å²) in [6.07, 6.45) is 1.70. The number of carbonyl (C=O) groups is 3. The molecule has 0 spiro atoms. The zero-order chi connectivity index (χ0) is 22.4. The molecule has 3 rings (SSSR count). The molecule has 0 saturated carbocycles. The fraction of sp³-hybridized carbons (Fsp3) is 0.292. The lowest BCUT2D eigenvalue weighted by Crippen LogP contribution is -2.38. The Balaban J connectivity index is 1.46. The Morgan fingerprint density at radius 2 is 1.90 bits per heavy atom. The van der Waals surface area contributed by atoms with Crippen molar-refractivity contribution < 1.29 is 19.1 Å². The van der Waals surface area contributed by atoms with Crippen LogP contribution in [0.1, 0.15) is 36.5 Å². The maximum atomic E-state index is 12.5. The Bertz CT molecular complexity index is 1000. The molecule has 3 amide bonds. The molecule has 1 saturated heterocycles. The Labute approximate surface area is 186 Å². The maximum Gasteiger partial charge on any atom is 0.293 e. The number of carbonyl (C=O) groups excluding carboxylic acids is 3. The number of benzene rings is 2. The van der Waals surface area contributed by atoms with Gasteiger partial charge in [0.2, 0.25) is 0 Å². The van der Waals surface area contributed by atoms with E-state index in [1.807, 2.05) is 55.5 Å². The van der Waals surface area contributed by atoms with Crippen molar-refractivity contribution in [2.24, 2.45) is 0 Å². The number of aryl methyl sites for hydroxylation is 1.